The first-order valence-corrected chi connectivity index (χ1v) is 13.1. The van der Waals surface area contributed by atoms with Crippen LogP contribution >= 0.6 is 0 Å². The van der Waals surface area contributed by atoms with Gasteiger partial charge in [-0.3, -0.25) is 0 Å². The van der Waals surface area contributed by atoms with Gasteiger partial charge < -0.3 is 29.2 Å². The molecule has 204 valence electrons. The van der Waals surface area contributed by atoms with E-state index < -0.39 is 31.2 Å². The molecule has 0 saturated heterocycles. The Morgan fingerprint density at radius 1 is 0.436 bits per heavy atom. The van der Waals surface area contributed by atoms with E-state index in [1.165, 1.54) is 0 Å². The largest absolute Gasteiger partial charge is 0.394 e. The Bertz CT molecular complexity index is 1130. The molecule has 0 aliphatic rings. The van der Waals surface area contributed by atoms with E-state index in [4.69, 9.17) is 18.9 Å². The van der Waals surface area contributed by atoms with Crippen molar-refractivity contribution >= 4 is 0 Å². The topological polar surface area (TPSA) is 77.4 Å². The molecule has 4 aromatic carbocycles. The highest BCUT2D eigenvalue weighted by atomic mass is 16.7. The summed E-state index contributed by atoms with van der Waals surface area (Å²) in [7, 11) is 0. The van der Waals surface area contributed by atoms with Gasteiger partial charge in [0, 0.05) is 0 Å². The summed E-state index contributed by atoms with van der Waals surface area (Å²) in [6.07, 6.45) is -3.92. The van der Waals surface area contributed by atoms with Gasteiger partial charge in [-0.15, -0.1) is 0 Å². The second-order valence-electron chi connectivity index (χ2n) is 9.23. The van der Waals surface area contributed by atoms with Crippen LogP contribution in [0.1, 0.15) is 22.3 Å². The fourth-order valence-corrected chi connectivity index (χ4v) is 4.13. The van der Waals surface area contributed by atoms with Crippen LogP contribution in [0.15, 0.2) is 121 Å². The molecule has 0 aliphatic carbocycles. The maximum atomic E-state index is 10.9. The summed E-state index contributed by atoms with van der Waals surface area (Å²) in [5.74, 6) is 0. The summed E-state index contributed by atoms with van der Waals surface area (Å²) in [5.41, 5.74) is 3.82. The lowest BCUT2D eigenvalue weighted by molar-refractivity contribution is -0.261. The summed E-state index contributed by atoms with van der Waals surface area (Å²) in [6.45, 7) is 0.500. The van der Waals surface area contributed by atoms with E-state index in [1.807, 2.05) is 121 Å². The van der Waals surface area contributed by atoms with Crippen LogP contribution in [0.25, 0.3) is 0 Å². The first kappa shape index (κ1) is 28.6. The molecule has 2 N–H and O–H groups in total. The van der Waals surface area contributed by atoms with Crippen molar-refractivity contribution in [2.75, 3.05) is 6.61 Å². The first-order valence-electron chi connectivity index (χ1n) is 13.1. The Labute approximate surface area is 230 Å². The van der Waals surface area contributed by atoms with E-state index >= 15 is 0 Å². The van der Waals surface area contributed by atoms with Gasteiger partial charge in [-0.1, -0.05) is 121 Å². The van der Waals surface area contributed by atoms with Gasteiger partial charge in [0.25, 0.3) is 0 Å². The van der Waals surface area contributed by atoms with Crippen molar-refractivity contribution in [2.24, 2.45) is 0 Å². The molecule has 0 radical (unpaired) electrons. The van der Waals surface area contributed by atoms with E-state index in [2.05, 4.69) is 0 Å². The normalized spacial score (nSPS) is 13.7. The molecule has 4 rings (SSSR count). The molecule has 0 bridgehead atoms. The predicted molar refractivity (Wildman–Crippen MR) is 149 cm³/mol. The second-order valence-corrected chi connectivity index (χ2v) is 9.23. The highest BCUT2D eigenvalue weighted by Gasteiger charge is 2.38. The van der Waals surface area contributed by atoms with Crippen molar-refractivity contribution in [3.8, 4) is 0 Å². The second kappa shape index (κ2) is 15.9. The van der Waals surface area contributed by atoms with Crippen molar-refractivity contribution in [1.29, 1.82) is 0 Å². The molecule has 0 unspecified atom stereocenters. The lowest BCUT2D eigenvalue weighted by Gasteiger charge is -2.35. The van der Waals surface area contributed by atoms with Crippen molar-refractivity contribution in [3.05, 3.63) is 144 Å². The van der Waals surface area contributed by atoms with Crippen LogP contribution in [-0.4, -0.2) is 41.4 Å². The molecule has 0 amide bonds. The smallest absolute Gasteiger partial charge is 0.187 e. The third-order valence-corrected chi connectivity index (χ3v) is 6.24. The van der Waals surface area contributed by atoms with Gasteiger partial charge in [-0.2, -0.15) is 0 Å². The zero-order chi connectivity index (χ0) is 27.1. The van der Waals surface area contributed by atoms with Crippen LogP contribution in [0, 0.1) is 0 Å². The number of rotatable bonds is 16. The van der Waals surface area contributed by atoms with E-state index in [0.717, 1.165) is 22.3 Å². The Balaban J connectivity index is 1.60. The van der Waals surface area contributed by atoms with E-state index in [-0.39, 0.29) is 26.4 Å². The minimum Gasteiger partial charge on any atom is -0.394 e. The molecule has 6 nitrogen and oxygen atoms in total. The van der Waals surface area contributed by atoms with Gasteiger partial charge in [-0.05, 0) is 22.3 Å². The molecule has 6 heteroatoms. The van der Waals surface area contributed by atoms with Crippen LogP contribution in [0.4, 0.5) is 0 Å². The van der Waals surface area contributed by atoms with Gasteiger partial charge in [0.2, 0.25) is 0 Å². The third-order valence-electron chi connectivity index (χ3n) is 6.24. The van der Waals surface area contributed by atoms with E-state index in [1.54, 1.807) is 0 Å². The summed E-state index contributed by atoms with van der Waals surface area (Å²) in [6, 6.07) is 39.0. The zero-order valence-electron chi connectivity index (χ0n) is 21.9. The average molecular weight is 530 g/mol. The van der Waals surface area contributed by atoms with Crippen molar-refractivity contribution in [3.63, 3.8) is 0 Å². The Morgan fingerprint density at radius 3 is 1.08 bits per heavy atom. The van der Waals surface area contributed by atoms with Gasteiger partial charge >= 0.3 is 0 Å². The lowest BCUT2D eigenvalue weighted by Crippen LogP contribution is -2.50. The SMILES string of the molecule is O[13CH2][C@@H](O)[C@@H](OCc1ccccc1)[C@@H](OCc1ccccc1)C(OCc1ccccc1)OCc1ccccc1. The van der Waals surface area contributed by atoms with Gasteiger partial charge in [0.05, 0.1) is 33.0 Å². The van der Waals surface area contributed by atoms with Crippen LogP contribution in [0.2, 0.25) is 0 Å². The maximum Gasteiger partial charge on any atom is 0.187 e. The molecule has 0 heterocycles. The quantitative estimate of drug-likeness (QED) is 0.152. The molecule has 39 heavy (non-hydrogen) atoms. The third kappa shape index (κ3) is 9.41. The molecule has 0 aromatic heterocycles. The number of aliphatic hydroxyl groups excluding tert-OH is 2. The van der Waals surface area contributed by atoms with Crippen molar-refractivity contribution < 1.29 is 29.2 Å². The van der Waals surface area contributed by atoms with E-state index in [0.29, 0.717) is 0 Å². The standard InChI is InChI=1S/C33H36O6/c34-21-30(35)31(36-22-26-13-5-1-6-14-26)32(37-23-27-15-7-2-8-16-27)33(38-24-28-17-9-3-10-18-28)39-25-29-19-11-4-12-20-29/h1-20,30-35H,21-25H2/t30-,31-,32-/m1/s1/i21+1. The van der Waals surface area contributed by atoms with Crippen LogP contribution in [0.3, 0.4) is 0 Å². The predicted octanol–water partition coefficient (Wildman–Crippen LogP) is 5.27. The van der Waals surface area contributed by atoms with Crippen LogP contribution in [-0.2, 0) is 45.4 Å². The van der Waals surface area contributed by atoms with Crippen molar-refractivity contribution in [1.82, 2.24) is 0 Å². The Kier molecular flexibility index (Phi) is 11.7. The Morgan fingerprint density at radius 2 is 0.744 bits per heavy atom. The maximum absolute atomic E-state index is 10.9. The zero-order valence-corrected chi connectivity index (χ0v) is 21.9. The van der Waals surface area contributed by atoms with Crippen LogP contribution < -0.4 is 0 Å². The summed E-state index contributed by atoms with van der Waals surface area (Å²) in [5, 5.41) is 20.9. The number of hydrogen-bond acceptors (Lipinski definition) is 6. The Hall–Kier alpha value is -3.36. The van der Waals surface area contributed by atoms with Crippen molar-refractivity contribution in [2.45, 2.75) is 51.0 Å². The fraction of sp³-hybridized carbons (Fsp3) is 0.273. The fourth-order valence-electron chi connectivity index (χ4n) is 4.13. The molecule has 0 saturated carbocycles. The highest BCUT2D eigenvalue weighted by Crippen LogP contribution is 2.23. The van der Waals surface area contributed by atoms with Gasteiger partial charge in [-0.25, -0.2) is 0 Å². The highest BCUT2D eigenvalue weighted by molar-refractivity contribution is 5.16. The summed E-state index contributed by atoms with van der Waals surface area (Å²) >= 11 is 0. The molecule has 0 fully saturated rings. The number of ether oxygens (including phenoxy) is 4. The summed E-state index contributed by atoms with van der Waals surface area (Å²) < 4.78 is 25.2. The monoisotopic (exact) mass is 529 g/mol. The molecule has 4 aromatic rings. The number of benzene rings is 4. The van der Waals surface area contributed by atoms with Crippen LogP contribution in [0.5, 0.6) is 0 Å². The molecule has 0 spiro atoms. The van der Waals surface area contributed by atoms with Gasteiger partial charge in [0.15, 0.2) is 6.29 Å². The minimum absolute atomic E-state index is 0.220. The number of aliphatic hydroxyl groups is 2. The molecule has 3 atom stereocenters. The first-order chi connectivity index (χ1) is 19.2. The van der Waals surface area contributed by atoms with E-state index in [9.17, 15) is 10.2 Å². The molecular formula is C33H36O6. The summed E-state index contributed by atoms with van der Waals surface area (Å²) in [4.78, 5) is 0. The average Bonchev–Trinajstić information content (AvgIpc) is 3.01. The van der Waals surface area contributed by atoms with Gasteiger partial charge in [0.1, 0.15) is 18.3 Å². The molecular weight excluding hydrogens is 493 g/mol. The number of hydrogen-bond donors (Lipinski definition) is 2. The lowest BCUT2D eigenvalue weighted by atomic mass is 10.1. The molecule has 0 aliphatic heterocycles. The minimum atomic E-state index is -1.22.